The quantitative estimate of drug-likeness (QED) is 0.300. The number of aromatic hydroxyl groups is 1. The third kappa shape index (κ3) is 6.75. The van der Waals surface area contributed by atoms with Gasteiger partial charge in [-0.15, -0.1) is 0 Å². The number of hydrogen-bond acceptors (Lipinski definition) is 7. The third-order valence-electron chi connectivity index (χ3n) is 6.84. The van der Waals surface area contributed by atoms with Crippen LogP contribution in [0.15, 0.2) is 77.7 Å². The minimum Gasteiger partial charge on any atom is -0.507 e. The van der Waals surface area contributed by atoms with E-state index in [2.05, 4.69) is 9.62 Å². The molecular weight excluding hydrogens is 522 g/mol. The van der Waals surface area contributed by atoms with Crippen LogP contribution in [0.4, 0.5) is 5.69 Å². The van der Waals surface area contributed by atoms with E-state index in [-0.39, 0.29) is 35.1 Å². The number of phenols is 1. The van der Waals surface area contributed by atoms with Gasteiger partial charge in [0.05, 0.1) is 29.1 Å². The minimum atomic E-state index is -4.22. The van der Waals surface area contributed by atoms with Crippen LogP contribution in [0.3, 0.4) is 0 Å². The van der Waals surface area contributed by atoms with E-state index in [1.165, 1.54) is 6.07 Å². The number of anilines is 1. The molecular formula is C28H31N3O7S. The predicted molar refractivity (Wildman–Crippen MR) is 145 cm³/mol. The second-order valence-electron chi connectivity index (χ2n) is 9.56. The van der Waals surface area contributed by atoms with Crippen molar-refractivity contribution in [1.82, 2.24) is 9.80 Å². The first-order chi connectivity index (χ1) is 18.5. The number of benzene rings is 3. The number of hydrogen-bond donors (Lipinski definition) is 4. The van der Waals surface area contributed by atoms with E-state index in [4.69, 9.17) is 0 Å². The standard InChI is InChI=1S/C28H31N3O7S/c1-30(25(19-7-3-2-4-8-19)18-31-14-13-21(32)17-31)27(34)15-20-9-5-6-10-24(20)29-39(37,38)22-11-12-26(33)23(16-22)28(35)36/h2-12,16,21,25,29,32-33H,13-15,17-18H2,1H3,(H,35,36)/t21-,25+/m0/s1. The number of para-hydroxylation sites is 1. The Balaban J connectivity index is 1.55. The molecule has 3 aromatic rings. The van der Waals surface area contributed by atoms with E-state index in [9.17, 15) is 33.3 Å². The Labute approximate surface area is 227 Å². The number of nitrogens with one attached hydrogen (secondary N) is 1. The van der Waals surface area contributed by atoms with Crippen molar-refractivity contribution in [1.29, 1.82) is 0 Å². The Hall–Kier alpha value is -3.93. The van der Waals surface area contributed by atoms with Crippen molar-refractivity contribution in [3.8, 4) is 5.75 Å². The van der Waals surface area contributed by atoms with Crippen molar-refractivity contribution in [2.24, 2.45) is 0 Å². The number of amides is 1. The predicted octanol–water partition coefficient (Wildman–Crippen LogP) is 2.70. The van der Waals surface area contributed by atoms with Crippen molar-refractivity contribution >= 4 is 27.6 Å². The first-order valence-electron chi connectivity index (χ1n) is 12.4. The normalized spacial score (nSPS) is 16.5. The zero-order chi connectivity index (χ0) is 28.2. The number of carbonyl (C=O) groups excluding carboxylic acids is 1. The van der Waals surface area contributed by atoms with Gasteiger partial charge in [-0.1, -0.05) is 48.5 Å². The maximum absolute atomic E-state index is 13.5. The van der Waals surface area contributed by atoms with E-state index in [0.717, 1.165) is 30.3 Å². The summed E-state index contributed by atoms with van der Waals surface area (Å²) in [5, 5.41) is 28.9. The molecule has 3 aromatic carbocycles. The van der Waals surface area contributed by atoms with Gasteiger partial charge in [0, 0.05) is 26.7 Å². The summed E-state index contributed by atoms with van der Waals surface area (Å²) < 4.78 is 28.6. The van der Waals surface area contributed by atoms with Gasteiger partial charge in [0.15, 0.2) is 0 Å². The number of β-amino-alcohol motifs (C(OH)–C–C–N with tert-alkyl or cyclic N) is 1. The van der Waals surface area contributed by atoms with Crippen molar-refractivity contribution in [2.75, 3.05) is 31.4 Å². The van der Waals surface area contributed by atoms with Gasteiger partial charge in [-0.25, -0.2) is 13.2 Å². The molecule has 0 spiro atoms. The van der Waals surface area contributed by atoms with E-state index < -0.39 is 27.3 Å². The molecule has 2 atom stereocenters. The fourth-order valence-electron chi connectivity index (χ4n) is 4.64. The smallest absolute Gasteiger partial charge is 0.339 e. The molecule has 11 heteroatoms. The summed E-state index contributed by atoms with van der Waals surface area (Å²) in [6.45, 7) is 1.82. The molecule has 1 aliphatic heterocycles. The molecule has 39 heavy (non-hydrogen) atoms. The maximum Gasteiger partial charge on any atom is 0.339 e. The van der Waals surface area contributed by atoms with Gasteiger partial charge in [0.25, 0.3) is 10.0 Å². The maximum atomic E-state index is 13.5. The Morgan fingerprint density at radius 3 is 2.44 bits per heavy atom. The van der Waals surface area contributed by atoms with Gasteiger partial charge in [0.1, 0.15) is 11.3 Å². The number of aliphatic hydroxyl groups is 1. The highest BCUT2D eigenvalue weighted by molar-refractivity contribution is 7.92. The molecule has 0 aromatic heterocycles. The van der Waals surface area contributed by atoms with Crippen LogP contribution in [-0.4, -0.2) is 78.2 Å². The summed E-state index contributed by atoms with van der Waals surface area (Å²) >= 11 is 0. The van der Waals surface area contributed by atoms with Crippen LogP contribution in [0, 0.1) is 0 Å². The Kier molecular flexibility index (Phi) is 8.54. The zero-order valence-corrected chi connectivity index (χ0v) is 22.2. The van der Waals surface area contributed by atoms with Gasteiger partial charge < -0.3 is 20.2 Å². The average Bonchev–Trinajstić information content (AvgIpc) is 3.32. The highest BCUT2D eigenvalue weighted by atomic mass is 32.2. The van der Waals surface area contributed by atoms with E-state index in [1.54, 1.807) is 30.1 Å². The van der Waals surface area contributed by atoms with Crippen LogP contribution in [0.2, 0.25) is 0 Å². The number of carboxylic acid groups (broad SMARTS) is 1. The zero-order valence-electron chi connectivity index (χ0n) is 21.4. The van der Waals surface area contributed by atoms with Crippen molar-refractivity contribution < 1.29 is 33.3 Å². The summed E-state index contributed by atoms with van der Waals surface area (Å²) in [5.41, 5.74) is 1.03. The lowest BCUT2D eigenvalue weighted by Crippen LogP contribution is -2.39. The van der Waals surface area contributed by atoms with Crippen LogP contribution in [0.25, 0.3) is 0 Å². The first-order valence-corrected chi connectivity index (χ1v) is 13.9. The SMILES string of the molecule is CN(C(=O)Cc1ccccc1NS(=O)(=O)c1ccc(O)c(C(=O)O)c1)[C@H](CN1CC[C@H](O)C1)c1ccccc1. The van der Waals surface area contributed by atoms with E-state index in [0.29, 0.717) is 25.1 Å². The highest BCUT2D eigenvalue weighted by Crippen LogP contribution is 2.27. The summed E-state index contributed by atoms with van der Waals surface area (Å²) in [6.07, 6.45) is 0.209. The molecule has 4 rings (SSSR count). The third-order valence-corrected chi connectivity index (χ3v) is 8.20. The average molecular weight is 554 g/mol. The van der Waals surface area contributed by atoms with Crippen LogP contribution in [0.1, 0.15) is 33.9 Å². The number of likely N-dealkylation sites (tertiary alicyclic amines) is 1. The fraction of sp³-hybridized carbons (Fsp3) is 0.286. The van der Waals surface area contributed by atoms with Gasteiger partial charge in [0.2, 0.25) is 5.91 Å². The van der Waals surface area contributed by atoms with Gasteiger partial charge in [-0.2, -0.15) is 0 Å². The van der Waals surface area contributed by atoms with Gasteiger partial charge in [-0.05, 0) is 41.8 Å². The van der Waals surface area contributed by atoms with Crippen molar-refractivity contribution in [3.05, 3.63) is 89.5 Å². The molecule has 0 unspecified atom stereocenters. The summed E-state index contributed by atoms with van der Waals surface area (Å²) in [5.74, 6) is -2.24. The Morgan fingerprint density at radius 1 is 1.08 bits per heavy atom. The van der Waals surface area contributed by atoms with Crippen LogP contribution in [-0.2, 0) is 21.2 Å². The number of likely N-dealkylation sites (N-methyl/N-ethyl adjacent to an activating group) is 1. The molecule has 1 saturated heterocycles. The number of nitrogens with zero attached hydrogens (tertiary/aromatic N) is 2. The number of carbonyl (C=O) groups is 2. The molecule has 0 bridgehead atoms. The van der Waals surface area contributed by atoms with Crippen molar-refractivity contribution in [2.45, 2.75) is 29.9 Å². The molecule has 1 fully saturated rings. The van der Waals surface area contributed by atoms with E-state index in [1.807, 2.05) is 30.3 Å². The van der Waals surface area contributed by atoms with Gasteiger partial charge >= 0.3 is 5.97 Å². The lowest BCUT2D eigenvalue weighted by atomic mass is 10.0. The van der Waals surface area contributed by atoms with Crippen LogP contribution >= 0.6 is 0 Å². The number of sulfonamides is 1. The first kappa shape index (κ1) is 28.1. The summed E-state index contributed by atoms with van der Waals surface area (Å²) in [4.78, 5) is 28.3. The lowest BCUT2D eigenvalue weighted by molar-refractivity contribution is -0.131. The Bertz CT molecular complexity index is 1450. The number of rotatable bonds is 10. The monoisotopic (exact) mass is 553 g/mol. The molecule has 0 aliphatic carbocycles. The highest BCUT2D eigenvalue weighted by Gasteiger charge is 2.29. The second kappa shape index (κ2) is 11.9. The molecule has 206 valence electrons. The summed E-state index contributed by atoms with van der Waals surface area (Å²) in [6, 6.07) is 18.8. The van der Waals surface area contributed by atoms with Crippen LogP contribution < -0.4 is 4.72 Å². The summed E-state index contributed by atoms with van der Waals surface area (Å²) in [7, 11) is -2.51. The number of carboxylic acids is 1. The van der Waals surface area contributed by atoms with Crippen LogP contribution in [0.5, 0.6) is 5.75 Å². The van der Waals surface area contributed by atoms with E-state index >= 15 is 0 Å². The van der Waals surface area contributed by atoms with Gasteiger partial charge in [-0.3, -0.25) is 14.4 Å². The molecule has 1 heterocycles. The molecule has 1 aliphatic rings. The topological polar surface area (TPSA) is 147 Å². The molecule has 4 N–H and O–H groups in total. The molecule has 1 amide bonds. The number of aliphatic hydroxyl groups excluding tert-OH is 1. The largest absolute Gasteiger partial charge is 0.507 e. The fourth-order valence-corrected chi connectivity index (χ4v) is 5.77. The Morgan fingerprint density at radius 2 is 1.77 bits per heavy atom. The number of aromatic carboxylic acids is 1. The molecule has 10 nitrogen and oxygen atoms in total. The van der Waals surface area contributed by atoms with Crippen molar-refractivity contribution in [3.63, 3.8) is 0 Å². The minimum absolute atomic E-state index is 0.0862. The molecule has 0 saturated carbocycles. The molecule has 0 radical (unpaired) electrons. The lowest BCUT2D eigenvalue weighted by Gasteiger charge is -2.32. The second-order valence-corrected chi connectivity index (χ2v) is 11.2.